The molecule has 0 radical (unpaired) electrons. The summed E-state index contributed by atoms with van der Waals surface area (Å²) in [4.78, 5) is 25.4. The van der Waals surface area contributed by atoms with Gasteiger partial charge in [-0.1, -0.05) is 18.6 Å². The lowest BCUT2D eigenvalue weighted by Gasteiger charge is -2.23. The van der Waals surface area contributed by atoms with Gasteiger partial charge in [-0.05, 0) is 36.5 Å². The highest BCUT2D eigenvalue weighted by atomic mass is 19.1. The monoisotopic (exact) mass is 306 g/mol. The molecule has 2 N–H and O–H groups in total. The number of urea groups is 1. The summed E-state index contributed by atoms with van der Waals surface area (Å²) in [5.74, 6) is -1.09. The molecule has 1 saturated carbocycles. The fourth-order valence-electron chi connectivity index (χ4n) is 3.73. The molecule has 0 unspecified atom stereocenters. The summed E-state index contributed by atoms with van der Waals surface area (Å²) >= 11 is 0. The molecule has 2 fully saturated rings. The van der Waals surface area contributed by atoms with Crippen molar-refractivity contribution in [3.05, 3.63) is 35.6 Å². The maximum absolute atomic E-state index is 13.1. The summed E-state index contributed by atoms with van der Waals surface area (Å²) in [6.07, 6.45) is 2.41. The third-order valence-electron chi connectivity index (χ3n) is 4.92. The SMILES string of the molecule is O=C(NCc1cccc(F)c1)N1C[C@@H]2CCC[C@@]2(C(=O)O)C1. The van der Waals surface area contributed by atoms with Gasteiger partial charge in [0, 0.05) is 19.6 Å². The number of halogens is 1. The largest absolute Gasteiger partial charge is 0.481 e. The van der Waals surface area contributed by atoms with E-state index in [1.165, 1.54) is 12.1 Å². The highest BCUT2D eigenvalue weighted by Gasteiger charge is 2.55. The first-order valence-corrected chi connectivity index (χ1v) is 7.52. The van der Waals surface area contributed by atoms with E-state index in [2.05, 4.69) is 5.32 Å². The topological polar surface area (TPSA) is 69.6 Å². The van der Waals surface area contributed by atoms with E-state index in [1.807, 2.05) is 0 Å². The Morgan fingerprint density at radius 1 is 1.45 bits per heavy atom. The number of aliphatic carboxylic acids is 1. The van der Waals surface area contributed by atoms with E-state index >= 15 is 0 Å². The van der Waals surface area contributed by atoms with Crippen LogP contribution in [0.15, 0.2) is 24.3 Å². The Kier molecular flexibility index (Phi) is 3.76. The minimum atomic E-state index is -0.796. The molecule has 0 aromatic heterocycles. The normalized spacial score (nSPS) is 26.8. The molecule has 1 aromatic rings. The Hall–Kier alpha value is -2.11. The first kappa shape index (κ1) is 14.8. The molecule has 22 heavy (non-hydrogen) atoms. The number of carbonyl (C=O) groups is 2. The number of carboxylic acid groups (broad SMARTS) is 1. The molecule has 1 aliphatic heterocycles. The lowest BCUT2D eigenvalue weighted by atomic mass is 9.81. The van der Waals surface area contributed by atoms with Crippen LogP contribution in [-0.4, -0.2) is 35.1 Å². The van der Waals surface area contributed by atoms with Crippen LogP contribution in [0.4, 0.5) is 9.18 Å². The zero-order valence-corrected chi connectivity index (χ0v) is 12.2. The maximum atomic E-state index is 13.1. The van der Waals surface area contributed by atoms with Gasteiger partial charge in [0.25, 0.3) is 0 Å². The van der Waals surface area contributed by atoms with Gasteiger partial charge in [-0.15, -0.1) is 0 Å². The van der Waals surface area contributed by atoms with Gasteiger partial charge in [-0.2, -0.15) is 0 Å². The molecule has 1 heterocycles. The Morgan fingerprint density at radius 2 is 2.27 bits per heavy atom. The summed E-state index contributed by atoms with van der Waals surface area (Å²) in [5, 5.41) is 12.3. The van der Waals surface area contributed by atoms with Crippen molar-refractivity contribution in [1.29, 1.82) is 0 Å². The average Bonchev–Trinajstić information content (AvgIpc) is 3.02. The summed E-state index contributed by atoms with van der Waals surface area (Å²) in [5.41, 5.74) is -0.0865. The number of hydrogen-bond acceptors (Lipinski definition) is 2. The number of benzene rings is 1. The molecule has 2 amide bonds. The van der Waals surface area contributed by atoms with Crippen LogP contribution in [0.5, 0.6) is 0 Å². The van der Waals surface area contributed by atoms with E-state index in [9.17, 15) is 19.1 Å². The average molecular weight is 306 g/mol. The fourth-order valence-corrected chi connectivity index (χ4v) is 3.73. The minimum absolute atomic E-state index is 0.0462. The standard InChI is InChI=1S/C16H19FN2O3/c17-13-5-1-3-11(7-13)8-18-15(22)19-9-12-4-2-6-16(12,10-19)14(20)21/h1,3,5,7,12H,2,4,6,8-10H2,(H,18,22)(H,20,21)/t12-,16+/m0/s1. The van der Waals surface area contributed by atoms with Crippen LogP contribution in [0.25, 0.3) is 0 Å². The zero-order valence-electron chi connectivity index (χ0n) is 12.2. The number of likely N-dealkylation sites (tertiary alicyclic amines) is 1. The van der Waals surface area contributed by atoms with Crippen molar-refractivity contribution in [1.82, 2.24) is 10.2 Å². The Bertz CT molecular complexity index is 607. The molecule has 3 rings (SSSR count). The number of carbonyl (C=O) groups excluding carboxylic acids is 1. The second-order valence-electron chi connectivity index (χ2n) is 6.22. The molecular formula is C16H19FN2O3. The molecule has 0 bridgehead atoms. The summed E-state index contributed by atoms with van der Waals surface area (Å²) in [6.45, 7) is 0.987. The lowest BCUT2D eigenvalue weighted by Crippen LogP contribution is -2.41. The summed E-state index contributed by atoms with van der Waals surface area (Å²) in [7, 11) is 0. The molecule has 1 aromatic carbocycles. The molecule has 5 nitrogen and oxygen atoms in total. The highest BCUT2D eigenvalue weighted by Crippen LogP contribution is 2.48. The van der Waals surface area contributed by atoms with Crippen LogP contribution < -0.4 is 5.32 Å². The van der Waals surface area contributed by atoms with Crippen LogP contribution in [0.2, 0.25) is 0 Å². The molecule has 2 atom stereocenters. The van der Waals surface area contributed by atoms with Crippen molar-refractivity contribution in [3.63, 3.8) is 0 Å². The quantitative estimate of drug-likeness (QED) is 0.899. The van der Waals surface area contributed by atoms with E-state index in [0.29, 0.717) is 18.5 Å². The van der Waals surface area contributed by atoms with Crippen LogP contribution in [0.3, 0.4) is 0 Å². The van der Waals surface area contributed by atoms with Crippen LogP contribution >= 0.6 is 0 Å². The molecule has 0 spiro atoms. The van der Waals surface area contributed by atoms with Crippen LogP contribution in [-0.2, 0) is 11.3 Å². The molecule has 6 heteroatoms. The van der Waals surface area contributed by atoms with E-state index in [0.717, 1.165) is 12.8 Å². The van der Waals surface area contributed by atoms with Crippen LogP contribution in [0, 0.1) is 17.2 Å². The molecular weight excluding hydrogens is 287 g/mol. The minimum Gasteiger partial charge on any atom is -0.481 e. The predicted molar refractivity (Wildman–Crippen MR) is 77.6 cm³/mol. The first-order chi connectivity index (χ1) is 10.5. The van der Waals surface area contributed by atoms with Gasteiger partial charge in [0.1, 0.15) is 5.82 Å². The van der Waals surface area contributed by atoms with Gasteiger partial charge < -0.3 is 15.3 Å². The molecule has 1 saturated heterocycles. The first-order valence-electron chi connectivity index (χ1n) is 7.52. The zero-order chi connectivity index (χ0) is 15.7. The van der Waals surface area contributed by atoms with Gasteiger partial charge in [0.15, 0.2) is 0 Å². The second kappa shape index (κ2) is 5.59. The molecule has 1 aliphatic carbocycles. The van der Waals surface area contributed by atoms with E-state index < -0.39 is 11.4 Å². The van der Waals surface area contributed by atoms with Crippen molar-refractivity contribution in [3.8, 4) is 0 Å². The number of nitrogens with one attached hydrogen (secondary N) is 1. The molecule has 2 aliphatic rings. The van der Waals surface area contributed by atoms with Gasteiger partial charge in [0.2, 0.25) is 0 Å². The van der Waals surface area contributed by atoms with Crippen LogP contribution in [0.1, 0.15) is 24.8 Å². The number of rotatable bonds is 3. The van der Waals surface area contributed by atoms with Crippen molar-refractivity contribution in [2.45, 2.75) is 25.8 Å². The van der Waals surface area contributed by atoms with Gasteiger partial charge >= 0.3 is 12.0 Å². The summed E-state index contributed by atoms with van der Waals surface area (Å²) < 4.78 is 13.1. The Labute approximate surface area is 128 Å². The van der Waals surface area contributed by atoms with E-state index in [-0.39, 0.29) is 30.9 Å². The number of amides is 2. The third-order valence-corrected chi connectivity index (χ3v) is 4.92. The van der Waals surface area contributed by atoms with Gasteiger partial charge in [-0.3, -0.25) is 4.79 Å². The third kappa shape index (κ3) is 2.53. The smallest absolute Gasteiger partial charge is 0.317 e. The van der Waals surface area contributed by atoms with Crippen molar-refractivity contribution in [2.75, 3.05) is 13.1 Å². The second-order valence-corrected chi connectivity index (χ2v) is 6.22. The number of nitrogens with zero attached hydrogens (tertiary/aromatic N) is 1. The highest BCUT2D eigenvalue weighted by molar-refractivity contribution is 5.80. The fraction of sp³-hybridized carbons (Fsp3) is 0.500. The lowest BCUT2D eigenvalue weighted by molar-refractivity contribution is -0.149. The van der Waals surface area contributed by atoms with Gasteiger partial charge in [0.05, 0.1) is 5.41 Å². The number of carboxylic acids is 1. The van der Waals surface area contributed by atoms with Crippen molar-refractivity contribution < 1.29 is 19.1 Å². The Morgan fingerprint density at radius 3 is 2.95 bits per heavy atom. The van der Waals surface area contributed by atoms with E-state index in [1.54, 1.807) is 17.0 Å². The predicted octanol–water partition coefficient (Wildman–Crippen LogP) is 2.22. The van der Waals surface area contributed by atoms with Gasteiger partial charge in [-0.25, -0.2) is 9.18 Å². The van der Waals surface area contributed by atoms with Crippen molar-refractivity contribution in [2.24, 2.45) is 11.3 Å². The van der Waals surface area contributed by atoms with Crippen molar-refractivity contribution >= 4 is 12.0 Å². The van der Waals surface area contributed by atoms with E-state index in [4.69, 9.17) is 0 Å². The number of fused-ring (bicyclic) bond motifs is 1. The summed E-state index contributed by atoms with van der Waals surface area (Å²) in [6, 6.07) is 5.78. The number of hydrogen-bond donors (Lipinski definition) is 2. The maximum Gasteiger partial charge on any atom is 0.317 e. The Balaban J connectivity index is 1.61. The molecule has 118 valence electrons.